The summed E-state index contributed by atoms with van der Waals surface area (Å²) in [6.07, 6.45) is 3.87. The first-order valence-corrected chi connectivity index (χ1v) is 6.42. The lowest BCUT2D eigenvalue weighted by Gasteiger charge is -2.15. The highest BCUT2D eigenvalue weighted by Crippen LogP contribution is 2.43. The zero-order valence-corrected chi connectivity index (χ0v) is 10.4. The van der Waals surface area contributed by atoms with Crippen molar-refractivity contribution in [1.82, 2.24) is 0 Å². The van der Waals surface area contributed by atoms with Crippen LogP contribution in [-0.2, 0) is 6.42 Å². The normalized spacial score (nSPS) is 20.8. The summed E-state index contributed by atoms with van der Waals surface area (Å²) < 4.78 is 11.2. The molecule has 1 aliphatic carbocycles. The molecule has 1 aromatic carbocycles. The summed E-state index contributed by atoms with van der Waals surface area (Å²) in [4.78, 5) is 0. The smallest absolute Gasteiger partial charge is 0.180 e. The van der Waals surface area contributed by atoms with Gasteiger partial charge < -0.3 is 15.2 Å². The molecule has 1 fully saturated rings. The molecule has 0 atom stereocenters. The largest absolute Gasteiger partial charge is 0.490 e. The Kier molecular flexibility index (Phi) is 2.68. The molecule has 2 aliphatic rings. The third-order valence-corrected chi connectivity index (χ3v) is 3.78. The first-order chi connectivity index (χ1) is 8.18. The van der Waals surface area contributed by atoms with Gasteiger partial charge in [0.1, 0.15) is 0 Å². The van der Waals surface area contributed by atoms with Crippen LogP contribution in [0.5, 0.6) is 11.5 Å². The Morgan fingerprint density at radius 2 is 2.00 bits per heavy atom. The van der Waals surface area contributed by atoms with Crippen molar-refractivity contribution in [2.75, 3.05) is 13.2 Å². The van der Waals surface area contributed by atoms with Gasteiger partial charge in [0, 0.05) is 12.0 Å². The Morgan fingerprint density at radius 1 is 1.24 bits per heavy atom. The molecule has 1 aliphatic heterocycles. The van der Waals surface area contributed by atoms with Gasteiger partial charge in [0.15, 0.2) is 11.5 Å². The van der Waals surface area contributed by atoms with Crippen LogP contribution < -0.4 is 15.2 Å². The Labute approximate surface area is 106 Å². The lowest BCUT2D eigenvalue weighted by molar-refractivity contribution is 0.297. The number of halogens is 1. The molecule has 1 saturated carbocycles. The van der Waals surface area contributed by atoms with Crippen molar-refractivity contribution in [1.29, 1.82) is 0 Å². The Balaban J connectivity index is 1.93. The Morgan fingerprint density at radius 3 is 2.76 bits per heavy atom. The third-order valence-electron chi connectivity index (χ3n) is 3.37. The van der Waals surface area contributed by atoms with Crippen LogP contribution in [0.15, 0.2) is 12.1 Å². The standard InChI is InChI=1S/C13H16ClNO2/c14-11-9(8-13(15)4-5-13)2-3-10-12(11)17-7-1-6-16-10/h2-3H,1,4-8,15H2. The summed E-state index contributed by atoms with van der Waals surface area (Å²) in [5.74, 6) is 1.43. The number of rotatable bonds is 2. The van der Waals surface area contributed by atoms with Gasteiger partial charge in [-0.2, -0.15) is 0 Å². The fourth-order valence-corrected chi connectivity index (χ4v) is 2.37. The zero-order valence-electron chi connectivity index (χ0n) is 9.67. The predicted molar refractivity (Wildman–Crippen MR) is 66.9 cm³/mol. The molecule has 2 N–H and O–H groups in total. The first-order valence-electron chi connectivity index (χ1n) is 6.04. The number of hydrogen-bond donors (Lipinski definition) is 1. The lowest BCUT2D eigenvalue weighted by Crippen LogP contribution is -2.24. The van der Waals surface area contributed by atoms with Crippen molar-refractivity contribution in [3.8, 4) is 11.5 Å². The van der Waals surface area contributed by atoms with Crippen molar-refractivity contribution < 1.29 is 9.47 Å². The molecule has 0 saturated heterocycles. The van der Waals surface area contributed by atoms with E-state index in [0.717, 1.165) is 37.0 Å². The highest BCUT2D eigenvalue weighted by Gasteiger charge is 2.38. The minimum atomic E-state index is -0.0382. The van der Waals surface area contributed by atoms with Crippen LogP contribution in [0, 0.1) is 0 Å². The van der Waals surface area contributed by atoms with E-state index in [1.807, 2.05) is 12.1 Å². The molecule has 0 unspecified atom stereocenters. The van der Waals surface area contributed by atoms with Crippen LogP contribution in [0.4, 0.5) is 0 Å². The zero-order chi connectivity index (χ0) is 11.9. The Bertz CT molecular complexity index is 443. The highest BCUT2D eigenvalue weighted by atomic mass is 35.5. The molecule has 4 heteroatoms. The van der Waals surface area contributed by atoms with Crippen molar-refractivity contribution in [3.63, 3.8) is 0 Å². The SMILES string of the molecule is NC1(Cc2ccc3c(c2Cl)OCCCO3)CC1. The molecule has 17 heavy (non-hydrogen) atoms. The topological polar surface area (TPSA) is 44.5 Å². The van der Waals surface area contributed by atoms with E-state index in [0.29, 0.717) is 24.0 Å². The number of fused-ring (bicyclic) bond motifs is 1. The number of hydrogen-bond acceptors (Lipinski definition) is 3. The number of ether oxygens (including phenoxy) is 2. The molecular weight excluding hydrogens is 238 g/mol. The first kappa shape index (κ1) is 11.2. The van der Waals surface area contributed by atoms with E-state index in [1.54, 1.807) is 0 Å². The van der Waals surface area contributed by atoms with E-state index in [1.165, 1.54) is 0 Å². The van der Waals surface area contributed by atoms with Crippen LogP contribution in [0.1, 0.15) is 24.8 Å². The van der Waals surface area contributed by atoms with Crippen LogP contribution in [0.3, 0.4) is 0 Å². The Hall–Kier alpha value is -0.930. The van der Waals surface area contributed by atoms with Crippen molar-refractivity contribution >= 4 is 11.6 Å². The van der Waals surface area contributed by atoms with Gasteiger partial charge in [0.2, 0.25) is 0 Å². The molecular formula is C13H16ClNO2. The molecule has 0 amide bonds. The maximum Gasteiger partial charge on any atom is 0.180 e. The maximum absolute atomic E-state index is 6.37. The van der Waals surface area contributed by atoms with Gasteiger partial charge in [-0.3, -0.25) is 0 Å². The summed E-state index contributed by atoms with van der Waals surface area (Å²) >= 11 is 6.37. The molecule has 0 aromatic heterocycles. The van der Waals surface area contributed by atoms with Crippen molar-refractivity contribution in [2.24, 2.45) is 5.73 Å². The molecule has 3 nitrogen and oxygen atoms in total. The molecule has 1 aromatic rings. The second kappa shape index (κ2) is 4.07. The molecule has 0 bridgehead atoms. The molecule has 1 heterocycles. The predicted octanol–water partition coefficient (Wildman–Crippen LogP) is 2.54. The van der Waals surface area contributed by atoms with E-state index >= 15 is 0 Å². The summed E-state index contributed by atoms with van der Waals surface area (Å²) in [5.41, 5.74) is 7.15. The van der Waals surface area contributed by atoms with Crippen LogP contribution in [-0.4, -0.2) is 18.8 Å². The van der Waals surface area contributed by atoms with Crippen LogP contribution >= 0.6 is 11.6 Å². The second-order valence-electron chi connectivity index (χ2n) is 4.96. The average Bonchev–Trinajstić information content (AvgIpc) is 3.06. The second-order valence-corrected chi connectivity index (χ2v) is 5.33. The van der Waals surface area contributed by atoms with E-state index < -0.39 is 0 Å². The van der Waals surface area contributed by atoms with Gasteiger partial charge in [-0.15, -0.1) is 0 Å². The molecule has 3 rings (SSSR count). The van der Waals surface area contributed by atoms with Gasteiger partial charge in [-0.05, 0) is 30.9 Å². The number of nitrogens with two attached hydrogens (primary N) is 1. The molecule has 92 valence electrons. The minimum absolute atomic E-state index is 0.0382. The minimum Gasteiger partial charge on any atom is -0.490 e. The summed E-state index contributed by atoms with van der Waals surface area (Å²) in [7, 11) is 0. The van der Waals surface area contributed by atoms with Crippen LogP contribution in [0.2, 0.25) is 5.02 Å². The fourth-order valence-electron chi connectivity index (χ4n) is 2.10. The summed E-state index contributed by atoms with van der Waals surface area (Å²) in [6, 6.07) is 3.94. The van der Waals surface area contributed by atoms with Crippen molar-refractivity contribution in [2.45, 2.75) is 31.2 Å². The van der Waals surface area contributed by atoms with Crippen molar-refractivity contribution in [3.05, 3.63) is 22.7 Å². The van der Waals surface area contributed by atoms with Gasteiger partial charge in [-0.25, -0.2) is 0 Å². The molecule has 0 spiro atoms. The monoisotopic (exact) mass is 253 g/mol. The van der Waals surface area contributed by atoms with Crippen LogP contribution in [0.25, 0.3) is 0 Å². The van der Waals surface area contributed by atoms with Gasteiger partial charge in [0.25, 0.3) is 0 Å². The van der Waals surface area contributed by atoms with Gasteiger partial charge in [-0.1, -0.05) is 17.7 Å². The van der Waals surface area contributed by atoms with Gasteiger partial charge in [0.05, 0.1) is 18.2 Å². The quantitative estimate of drug-likeness (QED) is 0.881. The summed E-state index contributed by atoms with van der Waals surface area (Å²) in [5, 5.41) is 0.668. The summed E-state index contributed by atoms with van der Waals surface area (Å²) in [6.45, 7) is 1.34. The maximum atomic E-state index is 6.37. The molecule has 0 radical (unpaired) electrons. The fraction of sp³-hybridized carbons (Fsp3) is 0.538. The number of benzene rings is 1. The van der Waals surface area contributed by atoms with Gasteiger partial charge >= 0.3 is 0 Å². The van der Waals surface area contributed by atoms with E-state index in [2.05, 4.69) is 0 Å². The average molecular weight is 254 g/mol. The lowest BCUT2D eigenvalue weighted by atomic mass is 10.0. The van der Waals surface area contributed by atoms with E-state index in [-0.39, 0.29) is 5.54 Å². The third kappa shape index (κ3) is 2.22. The van der Waals surface area contributed by atoms with E-state index in [9.17, 15) is 0 Å². The highest BCUT2D eigenvalue weighted by molar-refractivity contribution is 6.33. The van der Waals surface area contributed by atoms with E-state index in [4.69, 9.17) is 26.8 Å².